The predicted molar refractivity (Wildman–Crippen MR) is 82.8 cm³/mol. The Hall–Kier alpha value is -1.75. The van der Waals surface area contributed by atoms with Gasteiger partial charge in [-0.15, -0.1) is 0 Å². The number of anilines is 2. The lowest BCUT2D eigenvalue weighted by Crippen LogP contribution is -2.34. The zero-order chi connectivity index (χ0) is 15.1. The molecule has 2 N–H and O–H groups in total. The Morgan fingerprint density at radius 3 is 2.60 bits per heavy atom. The van der Waals surface area contributed by atoms with E-state index in [9.17, 15) is 4.79 Å². The highest BCUT2D eigenvalue weighted by Crippen LogP contribution is 2.23. The molecule has 0 heterocycles. The van der Waals surface area contributed by atoms with Gasteiger partial charge in [0.05, 0.1) is 0 Å². The molecule has 0 aliphatic carbocycles. The van der Waals surface area contributed by atoms with Gasteiger partial charge in [0.15, 0.2) is 0 Å². The molecule has 5 heteroatoms. The zero-order valence-electron chi connectivity index (χ0n) is 12.8. The summed E-state index contributed by atoms with van der Waals surface area (Å²) >= 11 is 0. The predicted octanol–water partition coefficient (Wildman–Crippen LogP) is 1.72. The summed E-state index contributed by atoms with van der Waals surface area (Å²) in [6.07, 6.45) is 0.912. The number of carbonyl (C=O) groups is 1. The van der Waals surface area contributed by atoms with Gasteiger partial charge in [-0.25, -0.2) is 0 Å². The summed E-state index contributed by atoms with van der Waals surface area (Å²) < 4.78 is 4.94. The number of nitrogens with zero attached hydrogens (tertiary/aromatic N) is 2. The van der Waals surface area contributed by atoms with E-state index in [1.807, 2.05) is 42.1 Å². The Bertz CT molecular complexity index is 447. The summed E-state index contributed by atoms with van der Waals surface area (Å²) in [4.78, 5) is 15.9. The first kappa shape index (κ1) is 16.3. The van der Waals surface area contributed by atoms with E-state index in [1.165, 1.54) is 7.11 Å². The summed E-state index contributed by atoms with van der Waals surface area (Å²) in [5.74, 6) is 0.00137. The van der Waals surface area contributed by atoms with Crippen LogP contribution in [0.1, 0.15) is 18.9 Å². The third-order valence-electron chi connectivity index (χ3n) is 3.06. The van der Waals surface area contributed by atoms with Crippen LogP contribution in [0.5, 0.6) is 0 Å². The standard InChI is InChI=1S/C15H25N3O2/c1-5-8-18(15(19)11-20-4)10-12-9-13(16)6-7-14(12)17(2)3/h6-7,9H,5,8,10-11,16H2,1-4H3. The summed E-state index contributed by atoms with van der Waals surface area (Å²) in [6.45, 7) is 3.43. The fourth-order valence-electron chi connectivity index (χ4n) is 2.15. The molecule has 0 aliphatic rings. The normalized spacial score (nSPS) is 10.4. The number of ether oxygens (including phenoxy) is 1. The van der Waals surface area contributed by atoms with Crippen molar-refractivity contribution in [3.63, 3.8) is 0 Å². The van der Waals surface area contributed by atoms with E-state index in [1.54, 1.807) is 0 Å². The summed E-state index contributed by atoms with van der Waals surface area (Å²) in [7, 11) is 5.50. The molecule has 0 saturated heterocycles. The summed E-state index contributed by atoms with van der Waals surface area (Å²) in [6, 6.07) is 5.79. The Balaban J connectivity index is 2.97. The molecule has 0 aromatic heterocycles. The van der Waals surface area contributed by atoms with Crippen LogP contribution in [0, 0.1) is 0 Å². The van der Waals surface area contributed by atoms with Crippen molar-refractivity contribution in [3.05, 3.63) is 23.8 Å². The Morgan fingerprint density at radius 1 is 1.35 bits per heavy atom. The highest BCUT2D eigenvalue weighted by molar-refractivity contribution is 5.77. The number of amides is 1. The molecule has 1 aromatic carbocycles. The number of methoxy groups -OCH3 is 1. The lowest BCUT2D eigenvalue weighted by Gasteiger charge is -2.25. The van der Waals surface area contributed by atoms with Gasteiger partial charge in [0.1, 0.15) is 6.61 Å². The molecular weight excluding hydrogens is 254 g/mol. The summed E-state index contributed by atoms with van der Waals surface area (Å²) in [5, 5.41) is 0. The molecule has 0 aliphatic heterocycles. The van der Waals surface area contributed by atoms with Crippen molar-refractivity contribution in [2.45, 2.75) is 19.9 Å². The maximum absolute atomic E-state index is 12.1. The lowest BCUT2D eigenvalue weighted by molar-refractivity contribution is -0.135. The monoisotopic (exact) mass is 279 g/mol. The van der Waals surface area contributed by atoms with Crippen molar-refractivity contribution in [2.75, 3.05) is 45.0 Å². The first-order valence-corrected chi connectivity index (χ1v) is 6.82. The second-order valence-corrected chi connectivity index (χ2v) is 5.03. The van der Waals surface area contributed by atoms with Crippen LogP contribution in [0.25, 0.3) is 0 Å². The van der Waals surface area contributed by atoms with Crippen LogP contribution in [0.3, 0.4) is 0 Å². The Kier molecular flexibility index (Phi) is 6.31. The summed E-state index contributed by atoms with van der Waals surface area (Å²) in [5.41, 5.74) is 8.70. The van der Waals surface area contributed by atoms with Gasteiger partial charge >= 0.3 is 0 Å². The van der Waals surface area contributed by atoms with Crippen molar-refractivity contribution in [3.8, 4) is 0 Å². The van der Waals surface area contributed by atoms with E-state index in [0.29, 0.717) is 18.8 Å². The van der Waals surface area contributed by atoms with E-state index in [0.717, 1.165) is 17.7 Å². The van der Waals surface area contributed by atoms with Gasteiger partial charge in [-0.05, 0) is 30.2 Å². The number of nitrogen functional groups attached to an aromatic ring is 1. The minimum Gasteiger partial charge on any atom is -0.399 e. The number of carbonyl (C=O) groups excluding carboxylic acids is 1. The van der Waals surface area contributed by atoms with E-state index in [4.69, 9.17) is 10.5 Å². The molecule has 112 valence electrons. The topological polar surface area (TPSA) is 58.8 Å². The van der Waals surface area contributed by atoms with Crippen molar-refractivity contribution in [2.24, 2.45) is 0 Å². The molecule has 1 rings (SSSR count). The third-order valence-corrected chi connectivity index (χ3v) is 3.06. The zero-order valence-corrected chi connectivity index (χ0v) is 12.8. The maximum atomic E-state index is 12.1. The second kappa shape index (κ2) is 7.75. The van der Waals surface area contributed by atoms with Gasteiger partial charge in [-0.2, -0.15) is 0 Å². The van der Waals surface area contributed by atoms with Crippen molar-refractivity contribution < 1.29 is 9.53 Å². The number of hydrogen-bond donors (Lipinski definition) is 1. The van der Waals surface area contributed by atoms with Crippen LogP contribution in [-0.4, -0.2) is 45.2 Å². The molecular formula is C15H25N3O2. The van der Waals surface area contributed by atoms with E-state index in [-0.39, 0.29) is 12.5 Å². The van der Waals surface area contributed by atoms with Crippen LogP contribution >= 0.6 is 0 Å². The molecule has 0 unspecified atom stereocenters. The molecule has 1 amide bonds. The number of benzene rings is 1. The molecule has 1 aromatic rings. The van der Waals surface area contributed by atoms with Gasteiger partial charge in [0, 0.05) is 45.7 Å². The van der Waals surface area contributed by atoms with Gasteiger partial charge < -0.3 is 20.3 Å². The first-order valence-electron chi connectivity index (χ1n) is 6.82. The van der Waals surface area contributed by atoms with E-state index in [2.05, 4.69) is 6.92 Å². The number of nitrogens with two attached hydrogens (primary N) is 1. The molecule has 5 nitrogen and oxygen atoms in total. The van der Waals surface area contributed by atoms with Gasteiger partial charge in [-0.3, -0.25) is 4.79 Å². The minimum atomic E-state index is 0.00137. The minimum absolute atomic E-state index is 0.00137. The highest BCUT2D eigenvalue weighted by atomic mass is 16.5. The largest absolute Gasteiger partial charge is 0.399 e. The highest BCUT2D eigenvalue weighted by Gasteiger charge is 2.15. The van der Waals surface area contributed by atoms with Crippen molar-refractivity contribution >= 4 is 17.3 Å². The van der Waals surface area contributed by atoms with Crippen LogP contribution in [0.15, 0.2) is 18.2 Å². The molecule has 0 atom stereocenters. The maximum Gasteiger partial charge on any atom is 0.248 e. The Morgan fingerprint density at radius 2 is 2.05 bits per heavy atom. The number of hydrogen-bond acceptors (Lipinski definition) is 4. The smallest absolute Gasteiger partial charge is 0.248 e. The molecule has 20 heavy (non-hydrogen) atoms. The fraction of sp³-hybridized carbons (Fsp3) is 0.533. The van der Waals surface area contributed by atoms with Crippen LogP contribution < -0.4 is 10.6 Å². The molecule has 0 bridgehead atoms. The Labute approximate surface area is 121 Å². The van der Waals surface area contributed by atoms with E-state index >= 15 is 0 Å². The first-order chi connectivity index (χ1) is 9.49. The van der Waals surface area contributed by atoms with E-state index < -0.39 is 0 Å². The molecule has 0 radical (unpaired) electrons. The number of rotatable bonds is 7. The van der Waals surface area contributed by atoms with Crippen LogP contribution in [0.4, 0.5) is 11.4 Å². The van der Waals surface area contributed by atoms with Crippen molar-refractivity contribution in [1.29, 1.82) is 0 Å². The average Bonchev–Trinajstić information content (AvgIpc) is 2.38. The molecule has 0 fully saturated rings. The van der Waals surface area contributed by atoms with Gasteiger partial charge in [-0.1, -0.05) is 6.92 Å². The molecule has 0 spiro atoms. The van der Waals surface area contributed by atoms with Crippen LogP contribution in [0.2, 0.25) is 0 Å². The quantitative estimate of drug-likeness (QED) is 0.772. The third kappa shape index (κ3) is 4.42. The lowest BCUT2D eigenvalue weighted by atomic mass is 10.1. The van der Waals surface area contributed by atoms with Crippen LogP contribution in [-0.2, 0) is 16.1 Å². The molecule has 0 saturated carbocycles. The average molecular weight is 279 g/mol. The second-order valence-electron chi connectivity index (χ2n) is 5.03. The fourth-order valence-corrected chi connectivity index (χ4v) is 2.15. The van der Waals surface area contributed by atoms with Gasteiger partial charge in [0.25, 0.3) is 0 Å². The van der Waals surface area contributed by atoms with Gasteiger partial charge in [0.2, 0.25) is 5.91 Å². The van der Waals surface area contributed by atoms with Crippen molar-refractivity contribution in [1.82, 2.24) is 4.90 Å². The SMILES string of the molecule is CCCN(Cc1cc(N)ccc1N(C)C)C(=O)COC.